The molecule has 18 heavy (non-hydrogen) atoms. The van der Waals surface area contributed by atoms with Crippen LogP contribution in [0.2, 0.25) is 0 Å². The molecule has 96 valence electrons. The van der Waals surface area contributed by atoms with E-state index in [0.717, 1.165) is 49.1 Å². The van der Waals surface area contributed by atoms with Crippen LogP contribution in [0.5, 0.6) is 0 Å². The number of aryl methyl sites for hydroxylation is 1. The van der Waals surface area contributed by atoms with Crippen LogP contribution in [0.15, 0.2) is 22.6 Å². The smallest absolute Gasteiger partial charge is 0.192 e. The number of nitrogens with one attached hydrogen (secondary N) is 1. The molecule has 1 aliphatic heterocycles. The van der Waals surface area contributed by atoms with Gasteiger partial charge in [-0.1, -0.05) is 6.07 Å². The molecule has 2 aromatic rings. The van der Waals surface area contributed by atoms with E-state index in [4.69, 9.17) is 4.42 Å². The molecule has 0 spiro atoms. The third-order valence-corrected chi connectivity index (χ3v) is 3.45. The summed E-state index contributed by atoms with van der Waals surface area (Å²) < 4.78 is 5.49. The Kier molecular flexibility index (Phi) is 3.06. The second-order valence-electron chi connectivity index (χ2n) is 5.26. The molecule has 4 nitrogen and oxygen atoms in total. The van der Waals surface area contributed by atoms with Crippen molar-refractivity contribution in [3.05, 3.63) is 29.7 Å². The largest absolute Gasteiger partial charge is 0.441 e. The summed E-state index contributed by atoms with van der Waals surface area (Å²) in [7, 11) is 2.18. The molecule has 0 atom stereocenters. The van der Waals surface area contributed by atoms with Crippen LogP contribution < -0.4 is 5.32 Å². The van der Waals surface area contributed by atoms with Crippen molar-refractivity contribution >= 4 is 11.1 Å². The first-order valence-electron chi connectivity index (χ1n) is 6.46. The van der Waals surface area contributed by atoms with Gasteiger partial charge in [-0.2, -0.15) is 0 Å². The Balaban J connectivity index is 1.69. The molecule has 1 N–H and O–H groups in total. The number of hydrogen-bond acceptors (Lipinski definition) is 4. The molecule has 0 aliphatic carbocycles. The molecule has 0 amide bonds. The SMILES string of the molecule is Cc1nc2cc(CN(C)CC3CNC3)ccc2o1. The van der Waals surface area contributed by atoms with Crippen LogP contribution in [0.25, 0.3) is 11.1 Å². The van der Waals surface area contributed by atoms with Crippen LogP contribution in [0, 0.1) is 12.8 Å². The highest BCUT2D eigenvalue weighted by molar-refractivity contribution is 5.73. The van der Waals surface area contributed by atoms with Crippen molar-refractivity contribution < 1.29 is 4.42 Å². The number of hydrogen-bond donors (Lipinski definition) is 1. The minimum Gasteiger partial charge on any atom is -0.441 e. The van der Waals surface area contributed by atoms with Gasteiger partial charge in [-0.15, -0.1) is 0 Å². The molecule has 0 bridgehead atoms. The molecule has 0 radical (unpaired) electrons. The molecular formula is C14H19N3O. The van der Waals surface area contributed by atoms with Crippen LogP contribution in [0.4, 0.5) is 0 Å². The van der Waals surface area contributed by atoms with Crippen molar-refractivity contribution in [1.82, 2.24) is 15.2 Å². The summed E-state index contributed by atoms with van der Waals surface area (Å²) in [5, 5.41) is 3.31. The highest BCUT2D eigenvalue weighted by Crippen LogP contribution is 2.18. The second-order valence-corrected chi connectivity index (χ2v) is 5.26. The first kappa shape index (κ1) is 11.7. The molecule has 1 fully saturated rings. The monoisotopic (exact) mass is 245 g/mol. The van der Waals surface area contributed by atoms with Gasteiger partial charge in [0.15, 0.2) is 11.5 Å². The minimum atomic E-state index is 0.732. The molecule has 0 saturated carbocycles. The lowest BCUT2D eigenvalue weighted by atomic mass is 10.0. The van der Waals surface area contributed by atoms with Gasteiger partial charge in [0, 0.05) is 33.1 Å². The van der Waals surface area contributed by atoms with E-state index in [1.54, 1.807) is 0 Å². The zero-order valence-electron chi connectivity index (χ0n) is 10.9. The fraction of sp³-hybridized carbons (Fsp3) is 0.500. The average molecular weight is 245 g/mol. The molecular weight excluding hydrogens is 226 g/mol. The zero-order chi connectivity index (χ0) is 12.5. The Morgan fingerprint density at radius 2 is 2.28 bits per heavy atom. The van der Waals surface area contributed by atoms with Crippen LogP contribution in [0.1, 0.15) is 11.5 Å². The number of fused-ring (bicyclic) bond motifs is 1. The number of benzene rings is 1. The lowest BCUT2D eigenvalue weighted by Crippen LogP contribution is -2.47. The van der Waals surface area contributed by atoms with Gasteiger partial charge in [0.2, 0.25) is 0 Å². The van der Waals surface area contributed by atoms with Gasteiger partial charge in [-0.05, 0) is 30.7 Å². The third kappa shape index (κ3) is 2.40. The Morgan fingerprint density at radius 3 is 3.00 bits per heavy atom. The maximum absolute atomic E-state index is 5.49. The number of rotatable bonds is 4. The molecule has 1 saturated heterocycles. The van der Waals surface area contributed by atoms with Crippen molar-refractivity contribution in [2.45, 2.75) is 13.5 Å². The second kappa shape index (κ2) is 4.71. The molecule has 3 rings (SSSR count). The van der Waals surface area contributed by atoms with Gasteiger partial charge in [0.05, 0.1) is 0 Å². The maximum Gasteiger partial charge on any atom is 0.192 e. The fourth-order valence-electron chi connectivity index (χ4n) is 2.48. The van der Waals surface area contributed by atoms with Crippen molar-refractivity contribution in [2.24, 2.45) is 5.92 Å². The number of nitrogens with zero attached hydrogens (tertiary/aromatic N) is 2. The number of oxazole rings is 1. The summed E-state index contributed by atoms with van der Waals surface area (Å²) in [5.74, 6) is 1.55. The third-order valence-electron chi connectivity index (χ3n) is 3.45. The summed E-state index contributed by atoms with van der Waals surface area (Å²) in [6, 6.07) is 6.27. The Morgan fingerprint density at radius 1 is 1.44 bits per heavy atom. The first-order chi connectivity index (χ1) is 8.70. The van der Waals surface area contributed by atoms with E-state index >= 15 is 0 Å². The summed E-state index contributed by atoms with van der Waals surface area (Å²) in [6.07, 6.45) is 0. The summed E-state index contributed by atoms with van der Waals surface area (Å²) in [4.78, 5) is 6.75. The Bertz CT molecular complexity index is 545. The highest BCUT2D eigenvalue weighted by Gasteiger charge is 2.18. The van der Waals surface area contributed by atoms with Crippen molar-refractivity contribution in [3.8, 4) is 0 Å². The molecule has 1 aromatic heterocycles. The first-order valence-corrected chi connectivity index (χ1v) is 6.46. The summed E-state index contributed by atoms with van der Waals surface area (Å²) in [6.45, 7) is 6.33. The van der Waals surface area contributed by atoms with Crippen molar-refractivity contribution in [2.75, 3.05) is 26.7 Å². The van der Waals surface area contributed by atoms with Gasteiger partial charge in [-0.3, -0.25) is 0 Å². The van der Waals surface area contributed by atoms with E-state index in [9.17, 15) is 0 Å². The normalized spacial score (nSPS) is 16.4. The zero-order valence-corrected chi connectivity index (χ0v) is 10.9. The molecule has 2 heterocycles. The van der Waals surface area contributed by atoms with Gasteiger partial charge in [0.25, 0.3) is 0 Å². The predicted octanol–water partition coefficient (Wildman–Crippen LogP) is 1.79. The van der Waals surface area contributed by atoms with Crippen LogP contribution >= 0.6 is 0 Å². The van der Waals surface area contributed by atoms with Crippen LogP contribution in [-0.2, 0) is 6.54 Å². The van der Waals surface area contributed by atoms with E-state index in [2.05, 4.69) is 34.4 Å². The van der Waals surface area contributed by atoms with E-state index in [0.29, 0.717) is 0 Å². The van der Waals surface area contributed by atoms with E-state index in [1.807, 2.05) is 13.0 Å². The van der Waals surface area contributed by atoms with E-state index in [1.165, 1.54) is 5.56 Å². The summed E-state index contributed by atoms with van der Waals surface area (Å²) >= 11 is 0. The van der Waals surface area contributed by atoms with Crippen LogP contribution in [0.3, 0.4) is 0 Å². The van der Waals surface area contributed by atoms with Gasteiger partial charge in [0.1, 0.15) is 5.52 Å². The topological polar surface area (TPSA) is 41.3 Å². The lowest BCUT2D eigenvalue weighted by Gasteiger charge is -2.31. The van der Waals surface area contributed by atoms with Crippen LogP contribution in [-0.4, -0.2) is 36.6 Å². The molecule has 0 unspecified atom stereocenters. The van der Waals surface area contributed by atoms with Crippen molar-refractivity contribution in [1.29, 1.82) is 0 Å². The van der Waals surface area contributed by atoms with Gasteiger partial charge < -0.3 is 14.6 Å². The fourth-order valence-corrected chi connectivity index (χ4v) is 2.48. The maximum atomic E-state index is 5.49. The molecule has 1 aromatic carbocycles. The van der Waals surface area contributed by atoms with E-state index in [-0.39, 0.29) is 0 Å². The highest BCUT2D eigenvalue weighted by atomic mass is 16.3. The predicted molar refractivity (Wildman–Crippen MR) is 71.4 cm³/mol. The standard InChI is InChI=1S/C14H19N3O/c1-10-16-13-5-11(3-4-14(13)18-10)8-17(2)9-12-6-15-7-12/h3-5,12,15H,6-9H2,1-2H3. The Labute approximate surface area is 107 Å². The summed E-state index contributed by atoms with van der Waals surface area (Å²) in [5.41, 5.74) is 3.14. The molecule has 1 aliphatic rings. The lowest BCUT2D eigenvalue weighted by molar-refractivity contribution is 0.219. The van der Waals surface area contributed by atoms with E-state index < -0.39 is 0 Å². The van der Waals surface area contributed by atoms with Gasteiger partial charge >= 0.3 is 0 Å². The minimum absolute atomic E-state index is 0.732. The van der Waals surface area contributed by atoms with Crippen molar-refractivity contribution in [3.63, 3.8) is 0 Å². The quantitative estimate of drug-likeness (QED) is 0.891. The Hall–Kier alpha value is -1.39. The average Bonchev–Trinajstić information content (AvgIpc) is 2.63. The molecule has 4 heteroatoms. The van der Waals surface area contributed by atoms with Gasteiger partial charge in [-0.25, -0.2) is 4.98 Å². The number of aromatic nitrogens is 1.